The summed E-state index contributed by atoms with van der Waals surface area (Å²) >= 11 is 0. The number of nitrogens with zero attached hydrogens (tertiary/aromatic N) is 2. The van der Waals surface area contributed by atoms with Crippen LogP contribution >= 0.6 is 0 Å². The first-order valence-corrected chi connectivity index (χ1v) is 8.76. The molecule has 0 unspecified atom stereocenters. The van der Waals surface area contributed by atoms with Crippen LogP contribution < -0.4 is 0 Å². The van der Waals surface area contributed by atoms with Gasteiger partial charge in [-0.1, -0.05) is 27.7 Å². The van der Waals surface area contributed by atoms with Crippen LogP contribution in [0.15, 0.2) is 47.0 Å². The predicted molar refractivity (Wildman–Crippen MR) is 101 cm³/mol. The monoisotopic (exact) mass is 333 g/mol. The van der Waals surface area contributed by atoms with Crippen LogP contribution in [0, 0.1) is 0 Å². The second-order valence-electron chi connectivity index (χ2n) is 7.69. The van der Waals surface area contributed by atoms with Gasteiger partial charge in [-0.2, -0.15) is 0 Å². The normalized spacial score (nSPS) is 12.5. The lowest BCUT2D eigenvalue weighted by atomic mass is 9.84. The summed E-state index contributed by atoms with van der Waals surface area (Å²) in [7, 11) is 0. The third-order valence-electron chi connectivity index (χ3n) is 4.77. The predicted octanol–water partition coefficient (Wildman–Crippen LogP) is 5.35. The minimum absolute atomic E-state index is 0.0746. The Labute approximate surface area is 147 Å². The zero-order chi connectivity index (χ0) is 17.6. The highest BCUT2D eigenvalue weighted by atomic mass is 16.3. The van der Waals surface area contributed by atoms with E-state index in [-0.39, 0.29) is 5.41 Å². The third-order valence-corrected chi connectivity index (χ3v) is 4.77. The topological polar surface area (TPSA) is 54.7 Å². The van der Waals surface area contributed by atoms with Crippen molar-refractivity contribution in [2.24, 2.45) is 0 Å². The molecule has 4 aromatic heterocycles. The molecule has 0 atom stereocenters. The van der Waals surface area contributed by atoms with Gasteiger partial charge in [0.2, 0.25) is 5.71 Å². The van der Waals surface area contributed by atoms with E-state index in [2.05, 4.69) is 68.0 Å². The van der Waals surface area contributed by atoms with Gasteiger partial charge < -0.3 is 9.40 Å². The van der Waals surface area contributed by atoms with Crippen LogP contribution in [0.5, 0.6) is 0 Å². The molecule has 0 spiro atoms. The standard InChI is InChI=1S/C21H23N3O/c1-13(2)17-10-15-7-8-16(23-20(15)25-17)12-21(3,4)18-11-14-6-5-9-22-19(14)24-18/h5-11,13H,12H2,1-4H3,(H,22,24). The van der Waals surface area contributed by atoms with E-state index in [1.165, 1.54) is 5.69 Å². The van der Waals surface area contributed by atoms with Crippen molar-refractivity contribution < 1.29 is 4.42 Å². The molecule has 0 saturated carbocycles. The van der Waals surface area contributed by atoms with Crippen LogP contribution in [0.25, 0.3) is 22.1 Å². The van der Waals surface area contributed by atoms with E-state index >= 15 is 0 Å². The molecule has 0 radical (unpaired) electrons. The van der Waals surface area contributed by atoms with Crippen molar-refractivity contribution >= 4 is 22.1 Å². The van der Waals surface area contributed by atoms with Gasteiger partial charge in [0.1, 0.15) is 11.4 Å². The van der Waals surface area contributed by atoms with E-state index in [0.29, 0.717) is 5.92 Å². The second-order valence-corrected chi connectivity index (χ2v) is 7.69. The van der Waals surface area contributed by atoms with Crippen molar-refractivity contribution in [1.82, 2.24) is 15.0 Å². The zero-order valence-electron chi connectivity index (χ0n) is 15.1. The first-order valence-electron chi connectivity index (χ1n) is 8.76. The zero-order valence-corrected chi connectivity index (χ0v) is 15.1. The fraction of sp³-hybridized carbons (Fsp3) is 0.333. The molecule has 0 aliphatic heterocycles. The van der Waals surface area contributed by atoms with Crippen LogP contribution in [-0.2, 0) is 11.8 Å². The van der Waals surface area contributed by atoms with Crippen molar-refractivity contribution in [1.29, 1.82) is 0 Å². The quantitative estimate of drug-likeness (QED) is 0.548. The molecule has 4 nitrogen and oxygen atoms in total. The fourth-order valence-corrected chi connectivity index (χ4v) is 3.23. The Kier molecular flexibility index (Phi) is 3.64. The lowest BCUT2D eigenvalue weighted by molar-refractivity contribution is 0.493. The SMILES string of the molecule is CC(C)c1cc2ccc(CC(C)(C)c3cc4cccnc4[nH]3)nc2o1. The number of H-pyrrole nitrogens is 1. The van der Waals surface area contributed by atoms with Crippen molar-refractivity contribution in [2.45, 2.75) is 45.4 Å². The number of hydrogen-bond donors (Lipinski definition) is 1. The fourth-order valence-electron chi connectivity index (χ4n) is 3.23. The molecule has 0 bridgehead atoms. The maximum atomic E-state index is 5.91. The lowest BCUT2D eigenvalue weighted by Gasteiger charge is -2.22. The van der Waals surface area contributed by atoms with E-state index in [4.69, 9.17) is 9.40 Å². The molecular weight excluding hydrogens is 310 g/mol. The van der Waals surface area contributed by atoms with Crippen molar-refractivity contribution in [3.8, 4) is 0 Å². The number of aromatic amines is 1. The molecule has 25 heavy (non-hydrogen) atoms. The number of pyridine rings is 2. The molecule has 0 aliphatic rings. The Morgan fingerprint density at radius 1 is 1.12 bits per heavy atom. The number of rotatable bonds is 4. The van der Waals surface area contributed by atoms with Crippen LogP contribution in [-0.4, -0.2) is 15.0 Å². The number of aromatic nitrogens is 3. The molecule has 0 aliphatic carbocycles. The summed E-state index contributed by atoms with van der Waals surface area (Å²) in [6.45, 7) is 8.72. The van der Waals surface area contributed by atoms with Crippen LogP contribution in [0.1, 0.15) is 50.8 Å². The molecule has 4 heteroatoms. The molecule has 4 heterocycles. The summed E-state index contributed by atoms with van der Waals surface area (Å²) in [5.41, 5.74) is 3.80. The summed E-state index contributed by atoms with van der Waals surface area (Å²) in [6, 6.07) is 12.5. The van der Waals surface area contributed by atoms with Gasteiger partial charge in [-0.15, -0.1) is 0 Å². The molecule has 0 saturated heterocycles. The van der Waals surface area contributed by atoms with Gasteiger partial charge >= 0.3 is 0 Å². The van der Waals surface area contributed by atoms with Gasteiger partial charge in [0.05, 0.1) is 0 Å². The highest BCUT2D eigenvalue weighted by molar-refractivity contribution is 5.77. The van der Waals surface area contributed by atoms with E-state index in [9.17, 15) is 0 Å². The van der Waals surface area contributed by atoms with Gasteiger partial charge in [-0.05, 0) is 36.4 Å². The number of hydrogen-bond acceptors (Lipinski definition) is 3. The van der Waals surface area contributed by atoms with E-state index < -0.39 is 0 Å². The van der Waals surface area contributed by atoms with Gasteiger partial charge in [0.15, 0.2) is 0 Å². The minimum Gasteiger partial charge on any atom is -0.443 e. The maximum Gasteiger partial charge on any atom is 0.226 e. The Balaban J connectivity index is 1.66. The Hall–Kier alpha value is -2.62. The van der Waals surface area contributed by atoms with Crippen molar-refractivity contribution in [2.75, 3.05) is 0 Å². The van der Waals surface area contributed by atoms with Gasteiger partial charge in [0, 0.05) is 46.1 Å². The second kappa shape index (κ2) is 5.73. The largest absolute Gasteiger partial charge is 0.443 e. The molecule has 1 N–H and O–H groups in total. The first kappa shape index (κ1) is 15.9. The van der Waals surface area contributed by atoms with Gasteiger partial charge in [-0.3, -0.25) is 0 Å². The molecule has 0 amide bonds. The average Bonchev–Trinajstić information content (AvgIpc) is 3.18. The summed E-state index contributed by atoms with van der Waals surface area (Å²) in [5.74, 6) is 1.36. The Morgan fingerprint density at radius 3 is 2.72 bits per heavy atom. The maximum absolute atomic E-state index is 5.91. The van der Waals surface area contributed by atoms with E-state index in [1.807, 2.05) is 12.3 Å². The van der Waals surface area contributed by atoms with Gasteiger partial charge in [-0.25, -0.2) is 9.97 Å². The molecule has 0 fully saturated rings. The van der Waals surface area contributed by atoms with Crippen molar-refractivity contribution in [3.63, 3.8) is 0 Å². The summed E-state index contributed by atoms with van der Waals surface area (Å²) in [6.07, 6.45) is 2.64. The Morgan fingerprint density at radius 2 is 1.96 bits per heavy atom. The number of fused-ring (bicyclic) bond motifs is 2. The molecule has 4 aromatic rings. The summed E-state index contributed by atoms with van der Waals surface area (Å²) < 4.78 is 5.91. The molecular formula is C21H23N3O. The summed E-state index contributed by atoms with van der Waals surface area (Å²) in [5, 5.41) is 2.21. The van der Waals surface area contributed by atoms with Crippen LogP contribution in [0.2, 0.25) is 0 Å². The summed E-state index contributed by atoms with van der Waals surface area (Å²) in [4.78, 5) is 12.6. The van der Waals surface area contributed by atoms with Gasteiger partial charge in [0.25, 0.3) is 0 Å². The molecule has 0 aromatic carbocycles. The lowest BCUT2D eigenvalue weighted by Crippen LogP contribution is -2.21. The highest BCUT2D eigenvalue weighted by Crippen LogP contribution is 2.30. The van der Waals surface area contributed by atoms with E-state index in [1.54, 1.807) is 0 Å². The molecule has 4 rings (SSSR count). The number of nitrogens with one attached hydrogen (secondary N) is 1. The number of furan rings is 1. The van der Waals surface area contributed by atoms with Crippen molar-refractivity contribution in [3.05, 3.63) is 59.7 Å². The first-order chi connectivity index (χ1) is 11.9. The van der Waals surface area contributed by atoms with Crippen LogP contribution in [0.4, 0.5) is 0 Å². The smallest absolute Gasteiger partial charge is 0.226 e. The van der Waals surface area contributed by atoms with Crippen LogP contribution in [0.3, 0.4) is 0 Å². The third kappa shape index (κ3) is 2.93. The Bertz CT molecular complexity index is 1010. The molecule has 128 valence electrons. The highest BCUT2D eigenvalue weighted by Gasteiger charge is 2.24. The minimum atomic E-state index is -0.0746. The van der Waals surface area contributed by atoms with E-state index in [0.717, 1.165) is 40.0 Å². The average molecular weight is 333 g/mol.